The highest BCUT2D eigenvalue weighted by atomic mass is 16.2. The molecule has 0 unspecified atom stereocenters. The van der Waals surface area contributed by atoms with Gasteiger partial charge in [-0.25, -0.2) is 0 Å². The summed E-state index contributed by atoms with van der Waals surface area (Å²) in [6, 6.07) is 6.15. The number of nitrogens with one attached hydrogen (secondary N) is 1. The average molecular weight is 248 g/mol. The lowest BCUT2D eigenvalue weighted by Gasteiger charge is -2.26. The Morgan fingerprint density at radius 3 is 2.44 bits per heavy atom. The van der Waals surface area contributed by atoms with Crippen molar-refractivity contribution in [3.05, 3.63) is 29.3 Å². The van der Waals surface area contributed by atoms with Gasteiger partial charge in [0.05, 0.1) is 0 Å². The van der Waals surface area contributed by atoms with Gasteiger partial charge < -0.3 is 10.2 Å². The van der Waals surface area contributed by atoms with Gasteiger partial charge in [-0.2, -0.15) is 0 Å². The van der Waals surface area contributed by atoms with Crippen molar-refractivity contribution in [2.45, 2.75) is 40.7 Å². The zero-order valence-corrected chi connectivity index (χ0v) is 12.1. The van der Waals surface area contributed by atoms with E-state index < -0.39 is 0 Å². The normalized spacial score (nSPS) is 10.6. The summed E-state index contributed by atoms with van der Waals surface area (Å²) < 4.78 is 0. The van der Waals surface area contributed by atoms with Gasteiger partial charge in [-0.15, -0.1) is 0 Å². The summed E-state index contributed by atoms with van der Waals surface area (Å²) in [6.07, 6.45) is 0. The Balaban J connectivity index is 2.99. The summed E-state index contributed by atoms with van der Waals surface area (Å²) >= 11 is 0. The second-order valence-electron chi connectivity index (χ2n) is 4.74. The Morgan fingerprint density at radius 1 is 1.33 bits per heavy atom. The van der Waals surface area contributed by atoms with Crippen LogP contribution in [-0.2, 0) is 0 Å². The second-order valence-corrected chi connectivity index (χ2v) is 4.74. The smallest absolute Gasteiger partial charge is 0.254 e. The topological polar surface area (TPSA) is 32.3 Å². The number of nitrogens with zero attached hydrogens (tertiary/aromatic N) is 1. The van der Waals surface area contributed by atoms with Crippen LogP contribution in [0.15, 0.2) is 18.2 Å². The van der Waals surface area contributed by atoms with Gasteiger partial charge in [-0.1, -0.05) is 0 Å². The first-order valence-electron chi connectivity index (χ1n) is 6.66. The van der Waals surface area contributed by atoms with Crippen molar-refractivity contribution in [2.75, 3.05) is 18.4 Å². The van der Waals surface area contributed by atoms with Gasteiger partial charge in [0.15, 0.2) is 0 Å². The fraction of sp³-hybridized carbons (Fsp3) is 0.533. The van der Waals surface area contributed by atoms with E-state index in [2.05, 4.69) is 12.2 Å². The molecule has 100 valence electrons. The van der Waals surface area contributed by atoms with E-state index in [1.54, 1.807) is 0 Å². The molecule has 1 aromatic carbocycles. The summed E-state index contributed by atoms with van der Waals surface area (Å²) in [5.41, 5.74) is 2.89. The first-order chi connectivity index (χ1) is 8.51. The third-order valence-electron chi connectivity index (χ3n) is 3.06. The standard InChI is InChI=1S/C15H24N2O/c1-6-16-13-8-9-14(12(5)10-13)15(18)17(7-2)11(3)4/h8-11,16H,6-7H2,1-5H3. The third kappa shape index (κ3) is 3.25. The van der Waals surface area contributed by atoms with E-state index in [0.29, 0.717) is 0 Å². The minimum atomic E-state index is 0.119. The fourth-order valence-electron chi connectivity index (χ4n) is 2.12. The number of benzene rings is 1. The molecule has 0 saturated carbocycles. The predicted molar refractivity (Wildman–Crippen MR) is 77.2 cm³/mol. The third-order valence-corrected chi connectivity index (χ3v) is 3.06. The summed E-state index contributed by atoms with van der Waals surface area (Å²) in [5.74, 6) is 0.119. The van der Waals surface area contributed by atoms with E-state index in [9.17, 15) is 4.79 Å². The number of anilines is 1. The van der Waals surface area contributed by atoms with E-state index in [4.69, 9.17) is 0 Å². The number of aryl methyl sites for hydroxylation is 1. The van der Waals surface area contributed by atoms with Crippen LogP contribution in [-0.4, -0.2) is 29.9 Å². The van der Waals surface area contributed by atoms with E-state index >= 15 is 0 Å². The molecule has 0 aliphatic heterocycles. The summed E-state index contributed by atoms with van der Waals surface area (Å²) in [5, 5.41) is 3.26. The Kier molecular flexibility index (Phi) is 5.20. The molecule has 0 saturated heterocycles. The van der Waals surface area contributed by atoms with Crippen molar-refractivity contribution in [1.29, 1.82) is 0 Å². The van der Waals surface area contributed by atoms with E-state index in [1.165, 1.54) is 0 Å². The average Bonchev–Trinajstić information content (AvgIpc) is 2.29. The molecular weight excluding hydrogens is 224 g/mol. The van der Waals surface area contributed by atoms with Crippen LogP contribution < -0.4 is 5.32 Å². The van der Waals surface area contributed by atoms with Crippen molar-refractivity contribution >= 4 is 11.6 Å². The number of carbonyl (C=O) groups excluding carboxylic acids is 1. The molecule has 1 N–H and O–H groups in total. The molecule has 0 atom stereocenters. The number of rotatable bonds is 5. The summed E-state index contributed by atoms with van der Waals surface area (Å²) in [4.78, 5) is 14.3. The molecule has 0 radical (unpaired) electrons. The maximum atomic E-state index is 12.4. The van der Waals surface area contributed by atoms with Gasteiger partial charge >= 0.3 is 0 Å². The highest BCUT2D eigenvalue weighted by Gasteiger charge is 2.18. The highest BCUT2D eigenvalue weighted by Crippen LogP contribution is 2.17. The lowest BCUT2D eigenvalue weighted by Crippen LogP contribution is -2.37. The van der Waals surface area contributed by atoms with Crippen LogP contribution in [0.25, 0.3) is 0 Å². The number of hydrogen-bond donors (Lipinski definition) is 1. The molecule has 0 aliphatic rings. The highest BCUT2D eigenvalue weighted by molar-refractivity contribution is 5.96. The first kappa shape index (κ1) is 14.6. The van der Waals surface area contributed by atoms with E-state index in [0.717, 1.165) is 29.9 Å². The lowest BCUT2D eigenvalue weighted by atomic mass is 10.1. The van der Waals surface area contributed by atoms with Gasteiger partial charge in [-0.05, 0) is 58.4 Å². The van der Waals surface area contributed by atoms with Crippen LogP contribution in [0, 0.1) is 6.92 Å². The zero-order chi connectivity index (χ0) is 13.7. The maximum Gasteiger partial charge on any atom is 0.254 e. The molecule has 1 aromatic rings. The van der Waals surface area contributed by atoms with Crippen LogP contribution >= 0.6 is 0 Å². The molecular formula is C15H24N2O. The number of amides is 1. The predicted octanol–water partition coefficient (Wildman–Crippen LogP) is 3.30. The Morgan fingerprint density at radius 2 is 2.00 bits per heavy atom. The van der Waals surface area contributed by atoms with Gasteiger partial charge in [0.1, 0.15) is 0 Å². The zero-order valence-electron chi connectivity index (χ0n) is 12.1. The van der Waals surface area contributed by atoms with Crippen molar-refractivity contribution in [3.8, 4) is 0 Å². The molecule has 0 aliphatic carbocycles. The largest absolute Gasteiger partial charge is 0.385 e. The van der Waals surface area contributed by atoms with Crippen molar-refractivity contribution in [2.24, 2.45) is 0 Å². The van der Waals surface area contributed by atoms with Gasteiger partial charge in [0.25, 0.3) is 5.91 Å². The van der Waals surface area contributed by atoms with Gasteiger partial charge in [0, 0.05) is 30.4 Å². The van der Waals surface area contributed by atoms with Crippen molar-refractivity contribution in [3.63, 3.8) is 0 Å². The van der Waals surface area contributed by atoms with Gasteiger partial charge in [-0.3, -0.25) is 4.79 Å². The van der Waals surface area contributed by atoms with E-state index in [1.807, 2.05) is 50.8 Å². The van der Waals surface area contributed by atoms with Crippen molar-refractivity contribution in [1.82, 2.24) is 4.90 Å². The van der Waals surface area contributed by atoms with Crippen LogP contribution in [0.5, 0.6) is 0 Å². The second kappa shape index (κ2) is 6.43. The number of hydrogen-bond acceptors (Lipinski definition) is 2. The molecule has 0 fully saturated rings. The van der Waals surface area contributed by atoms with Gasteiger partial charge in [0.2, 0.25) is 0 Å². The molecule has 3 nitrogen and oxygen atoms in total. The quantitative estimate of drug-likeness (QED) is 0.867. The number of carbonyl (C=O) groups is 1. The maximum absolute atomic E-state index is 12.4. The molecule has 0 aromatic heterocycles. The summed E-state index contributed by atoms with van der Waals surface area (Å²) in [6.45, 7) is 11.8. The SMILES string of the molecule is CCNc1ccc(C(=O)N(CC)C(C)C)c(C)c1. The minimum Gasteiger partial charge on any atom is -0.385 e. The van der Waals surface area contributed by atoms with Crippen LogP contribution in [0.4, 0.5) is 5.69 Å². The van der Waals surface area contributed by atoms with Crippen molar-refractivity contribution < 1.29 is 4.79 Å². The summed E-state index contributed by atoms with van der Waals surface area (Å²) in [7, 11) is 0. The molecule has 1 amide bonds. The molecule has 18 heavy (non-hydrogen) atoms. The molecule has 3 heteroatoms. The molecule has 0 bridgehead atoms. The Hall–Kier alpha value is -1.51. The minimum absolute atomic E-state index is 0.119. The Labute approximate surface area is 110 Å². The molecule has 1 rings (SSSR count). The van der Waals surface area contributed by atoms with Crippen LogP contribution in [0.1, 0.15) is 43.6 Å². The van der Waals surface area contributed by atoms with E-state index in [-0.39, 0.29) is 11.9 Å². The van der Waals surface area contributed by atoms with Crippen LogP contribution in [0.3, 0.4) is 0 Å². The fourth-order valence-corrected chi connectivity index (χ4v) is 2.12. The Bertz CT molecular complexity index is 413. The lowest BCUT2D eigenvalue weighted by molar-refractivity contribution is 0.0716. The monoisotopic (exact) mass is 248 g/mol. The molecule has 0 spiro atoms. The molecule has 0 heterocycles. The van der Waals surface area contributed by atoms with Crippen LogP contribution in [0.2, 0.25) is 0 Å². The first-order valence-corrected chi connectivity index (χ1v) is 6.66.